The molecule has 1 aliphatic rings. The van der Waals surface area contributed by atoms with E-state index < -0.39 is 0 Å². The molecule has 3 heteroatoms. The molecule has 0 amide bonds. The molecule has 0 radical (unpaired) electrons. The second kappa shape index (κ2) is 5.32. The summed E-state index contributed by atoms with van der Waals surface area (Å²) in [7, 11) is 0. The summed E-state index contributed by atoms with van der Waals surface area (Å²) >= 11 is 0. The standard InChI is InChI=1S/C5H5N.C4H8N2/c1-2-4-6-5-3-1;5-4-2-1-3-6-4/h1-5H;1,3-4,6H,2,5H2. The van der Waals surface area contributed by atoms with Crippen molar-refractivity contribution in [1.82, 2.24) is 10.3 Å². The highest BCUT2D eigenvalue weighted by atomic mass is 15.0. The minimum atomic E-state index is 0.185. The van der Waals surface area contributed by atoms with Gasteiger partial charge in [-0.1, -0.05) is 12.1 Å². The Hall–Kier alpha value is -1.35. The summed E-state index contributed by atoms with van der Waals surface area (Å²) in [6.45, 7) is 0. The molecule has 3 N–H and O–H groups in total. The van der Waals surface area contributed by atoms with Crippen molar-refractivity contribution >= 4 is 0 Å². The van der Waals surface area contributed by atoms with Crippen molar-refractivity contribution in [2.75, 3.05) is 0 Å². The van der Waals surface area contributed by atoms with Gasteiger partial charge in [-0.15, -0.1) is 0 Å². The van der Waals surface area contributed by atoms with Gasteiger partial charge in [0.2, 0.25) is 0 Å². The smallest absolute Gasteiger partial charge is 0.0773 e. The summed E-state index contributed by atoms with van der Waals surface area (Å²) in [6.07, 6.45) is 8.56. The minimum Gasteiger partial charge on any atom is -0.376 e. The van der Waals surface area contributed by atoms with Gasteiger partial charge < -0.3 is 11.1 Å². The lowest BCUT2D eigenvalue weighted by Gasteiger charge is -1.97. The zero-order chi connectivity index (χ0) is 8.65. The second-order valence-electron chi connectivity index (χ2n) is 2.44. The minimum absolute atomic E-state index is 0.185. The Morgan fingerprint density at radius 3 is 2.17 bits per heavy atom. The molecule has 0 bridgehead atoms. The summed E-state index contributed by atoms with van der Waals surface area (Å²) in [5.41, 5.74) is 5.36. The number of nitrogens with zero attached hydrogens (tertiary/aromatic N) is 1. The van der Waals surface area contributed by atoms with Crippen LogP contribution in [-0.4, -0.2) is 11.1 Å². The highest BCUT2D eigenvalue weighted by Gasteiger charge is 1.97. The fraction of sp³-hybridized carbons (Fsp3) is 0.222. The van der Waals surface area contributed by atoms with Crippen LogP contribution in [0.4, 0.5) is 0 Å². The van der Waals surface area contributed by atoms with E-state index in [0.717, 1.165) is 6.42 Å². The van der Waals surface area contributed by atoms with Crippen molar-refractivity contribution in [1.29, 1.82) is 0 Å². The van der Waals surface area contributed by atoms with Crippen LogP contribution >= 0.6 is 0 Å². The molecule has 1 aromatic heterocycles. The van der Waals surface area contributed by atoms with E-state index in [2.05, 4.69) is 10.3 Å². The lowest BCUT2D eigenvalue weighted by Crippen LogP contribution is -2.28. The van der Waals surface area contributed by atoms with Crippen LogP contribution in [-0.2, 0) is 0 Å². The zero-order valence-electron chi connectivity index (χ0n) is 6.85. The maximum absolute atomic E-state index is 5.36. The highest BCUT2D eigenvalue weighted by molar-refractivity contribution is 4.91. The summed E-state index contributed by atoms with van der Waals surface area (Å²) in [4.78, 5) is 3.78. The first-order chi connectivity index (χ1) is 5.89. The summed E-state index contributed by atoms with van der Waals surface area (Å²) in [6, 6.07) is 5.72. The zero-order valence-corrected chi connectivity index (χ0v) is 6.85. The number of hydrogen-bond donors (Lipinski definition) is 2. The van der Waals surface area contributed by atoms with Crippen molar-refractivity contribution < 1.29 is 0 Å². The van der Waals surface area contributed by atoms with E-state index >= 15 is 0 Å². The van der Waals surface area contributed by atoms with Gasteiger partial charge in [0.1, 0.15) is 0 Å². The molecule has 1 atom stereocenters. The number of nitrogens with one attached hydrogen (secondary N) is 1. The first-order valence-corrected chi connectivity index (χ1v) is 3.91. The fourth-order valence-electron chi connectivity index (χ4n) is 0.787. The van der Waals surface area contributed by atoms with Gasteiger partial charge in [-0.3, -0.25) is 4.98 Å². The van der Waals surface area contributed by atoms with Crippen LogP contribution in [0.5, 0.6) is 0 Å². The molecule has 12 heavy (non-hydrogen) atoms. The summed E-state index contributed by atoms with van der Waals surface area (Å²) in [5, 5.41) is 2.92. The van der Waals surface area contributed by atoms with Gasteiger partial charge in [0.15, 0.2) is 0 Å². The number of aromatic nitrogens is 1. The van der Waals surface area contributed by atoms with E-state index in [1.165, 1.54) is 0 Å². The highest BCUT2D eigenvalue weighted by Crippen LogP contribution is 1.91. The Labute approximate surface area is 72.3 Å². The average molecular weight is 163 g/mol. The van der Waals surface area contributed by atoms with Gasteiger partial charge in [-0.05, 0) is 18.3 Å². The molecule has 0 saturated carbocycles. The molecule has 1 aromatic rings. The molecule has 0 spiro atoms. The molecule has 2 rings (SSSR count). The SMILES string of the molecule is NC1CC=CN1.c1ccncc1. The van der Waals surface area contributed by atoms with Crippen molar-refractivity contribution in [2.45, 2.75) is 12.6 Å². The van der Waals surface area contributed by atoms with Gasteiger partial charge in [0.05, 0.1) is 6.17 Å². The fourth-order valence-corrected chi connectivity index (χ4v) is 0.787. The number of hydrogen-bond acceptors (Lipinski definition) is 3. The third-order valence-corrected chi connectivity index (χ3v) is 1.38. The van der Waals surface area contributed by atoms with Crippen LogP contribution in [0.3, 0.4) is 0 Å². The predicted octanol–water partition coefficient (Wildman–Crippen LogP) is 0.860. The van der Waals surface area contributed by atoms with Crippen molar-refractivity contribution in [3.8, 4) is 0 Å². The molecular weight excluding hydrogens is 150 g/mol. The Morgan fingerprint density at radius 2 is 2.00 bits per heavy atom. The van der Waals surface area contributed by atoms with Crippen LogP contribution in [0.25, 0.3) is 0 Å². The maximum atomic E-state index is 5.36. The van der Waals surface area contributed by atoms with E-state index in [0.29, 0.717) is 0 Å². The van der Waals surface area contributed by atoms with E-state index in [1.54, 1.807) is 12.4 Å². The third kappa shape index (κ3) is 3.73. The molecule has 0 fully saturated rings. The first kappa shape index (κ1) is 8.74. The largest absolute Gasteiger partial charge is 0.376 e. The lowest BCUT2D eigenvalue weighted by atomic mass is 10.4. The monoisotopic (exact) mass is 163 g/mol. The maximum Gasteiger partial charge on any atom is 0.0773 e. The summed E-state index contributed by atoms with van der Waals surface area (Å²) < 4.78 is 0. The normalized spacial score (nSPS) is 19.2. The van der Waals surface area contributed by atoms with Crippen molar-refractivity contribution in [2.24, 2.45) is 5.73 Å². The van der Waals surface area contributed by atoms with Gasteiger partial charge in [-0.25, -0.2) is 0 Å². The third-order valence-electron chi connectivity index (χ3n) is 1.38. The number of rotatable bonds is 0. The molecular formula is C9H13N3. The molecule has 3 nitrogen and oxygen atoms in total. The molecule has 0 aliphatic carbocycles. The first-order valence-electron chi connectivity index (χ1n) is 3.91. The van der Waals surface area contributed by atoms with Crippen molar-refractivity contribution in [3.05, 3.63) is 42.9 Å². The van der Waals surface area contributed by atoms with Crippen molar-refractivity contribution in [3.63, 3.8) is 0 Å². The van der Waals surface area contributed by atoms with E-state index in [-0.39, 0.29) is 6.17 Å². The molecule has 2 heterocycles. The number of pyridine rings is 1. The van der Waals surface area contributed by atoms with Crippen LogP contribution in [0.2, 0.25) is 0 Å². The Kier molecular flexibility index (Phi) is 3.88. The second-order valence-corrected chi connectivity index (χ2v) is 2.44. The van der Waals surface area contributed by atoms with Crippen LogP contribution < -0.4 is 11.1 Å². The molecule has 64 valence electrons. The van der Waals surface area contributed by atoms with Gasteiger partial charge in [0.25, 0.3) is 0 Å². The summed E-state index contributed by atoms with van der Waals surface area (Å²) in [5.74, 6) is 0. The van der Waals surface area contributed by atoms with Crippen LogP contribution in [0, 0.1) is 0 Å². The topological polar surface area (TPSA) is 50.9 Å². The van der Waals surface area contributed by atoms with E-state index in [1.807, 2.05) is 30.5 Å². The molecule has 1 unspecified atom stereocenters. The van der Waals surface area contributed by atoms with E-state index in [9.17, 15) is 0 Å². The van der Waals surface area contributed by atoms with Crippen LogP contribution in [0.15, 0.2) is 42.9 Å². The van der Waals surface area contributed by atoms with Gasteiger partial charge >= 0.3 is 0 Å². The predicted molar refractivity (Wildman–Crippen MR) is 49.1 cm³/mol. The Balaban J connectivity index is 0.000000120. The Bertz CT molecular complexity index is 186. The van der Waals surface area contributed by atoms with Gasteiger partial charge in [0, 0.05) is 18.8 Å². The van der Waals surface area contributed by atoms with Gasteiger partial charge in [-0.2, -0.15) is 0 Å². The quantitative estimate of drug-likeness (QED) is 0.596. The lowest BCUT2D eigenvalue weighted by molar-refractivity contribution is 0.658. The molecule has 0 aromatic carbocycles. The van der Waals surface area contributed by atoms with E-state index in [4.69, 9.17) is 5.73 Å². The number of nitrogens with two attached hydrogens (primary N) is 1. The molecule has 1 aliphatic heterocycles. The Morgan fingerprint density at radius 1 is 1.25 bits per heavy atom. The molecule has 0 saturated heterocycles. The van der Waals surface area contributed by atoms with Crippen LogP contribution in [0.1, 0.15) is 6.42 Å². The average Bonchev–Trinajstić information content (AvgIpc) is 2.60.